The van der Waals surface area contributed by atoms with Gasteiger partial charge >= 0.3 is 17.9 Å². The summed E-state index contributed by atoms with van der Waals surface area (Å²) >= 11 is 36.4. The number of amides is 3. The molecule has 0 fully saturated rings. The molecular weight excluding hydrogens is 1090 g/mol. The molecule has 9 N–H and O–H groups in total. The maximum atomic E-state index is 12.1. The van der Waals surface area contributed by atoms with Gasteiger partial charge in [0, 0.05) is 99.8 Å². The Morgan fingerprint density at radius 3 is 0.840 bits per heavy atom. The highest BCUT2D eigenvalue weighted by molar-refractivity contribution is 6.41. The molecule has 0 atom stereocenters. The fourth-order valence-electron chi connectivity index (χ4n) is 7.42. The van der Waals surface area contributed by atoms with E-state index in [0.29, 0.717) is 96.6 Å². The van der Waals surface area contributed by atoms with Crippen LogP contribution in [0.5, 0.6) is 0 Å². The number of rotatable bonds is 12. The summed E-state index contributed by atoms with van der Waals surface area (Å²) in [7, 11) is 0. The van der Waals surface area contributed by atoms with Gasteiger partial charge < -0.3 is 46.2 Å². The van der Waals surface area contributed by atoms with Gasteiger partial charge in [-0.2, -0.15) is 0 Å². The summed E-state index contributed by atoms with van der Waals surface area (Å²) in [6, 6.07) is 36.1. The van der Waals surface area contributed by atoms with Crippen molar-refractivity contribution in [2.75, 3.05) is 16.0 Å². The molecule has 3 heterocycles. The number of hydrogen-bond donors (Lipinski definition) is 9. The molecule has 6 aromatic carbocycles. The summed E-state index contributed by atoms with van der Waals surface area (Å²) in [4.78, 5) is 78.9. The number of hydrogen-bond acceptors (Lipinski definition) is 6. The molecule has 9 rings (SSSR count). The van der Waals surface area contributed by atoms with Crippen LogP contribution in [0.3, 0.4) is 0 Å². The van der Waals surface area contributed by atoms with E-state index in [2.05, 4.69) is 30.9 Å². The van der Waals surface area contributed by atoms with Crippen LogP contribution in [0.25, 0.3) is 50.9 Å². The van der Waals surface area contributed by atoms with Crippen molar-refractivity contribution in [1.29, 1.82) is 0 Å². The van der Waals surface area contributed by atoms with Crippen LogP contribution in [0, 0.1) is 0 Å². The number of aromatic carboxylic acids is 3. The van der Waals surface area contributed by atoms with Crippen LogP contribution < -0.4 is 16.0 Å². The Hall–Kier alpha value is -8.28. The van der Waals surface area contributed by atoms with Crippen LogP contribution >= 0.6 is 69.6 Å². The average molecular weight is 1130 g/mol. The lowest BCUT2D eigenvalue weighted by Crippen LogP contribution is -2.07. The third-order valence-corrected chi connectivity index (χ3v) is 12.1. The second-order valence-electron chi connectivity index (χ2n) is 15.7. The van der Waals surface area contributed by atoms with E-state index >= 15 is 0 Å². The van der Waals surface area contributed by atoms with Crippen LogP contribution in [0.15, 0.2) is 146 Å². The zero-order valence-electron chi connectivity index (χ0n) is 38.1. The first-order chi connectivity index (χ1) is 35.9. The number of H-pyrrole nitrogens is 3. The minimum atomic E-state index is -1.16. The Morgan fingerprint density at radius 2 is 0.613 bits per heavy atom. The zero-order valence-corrected chi connectivity index (χ0v) is 42.7. The minimum absolute atomic E-state index is 0.0667. The van der Waals surface area contributed by atoms with Crippen molar-refractivity contribution in [3.8, 4) is 0 Å². The molecule has 15 nitrogen and oxygen atoms in total. The van der Waals surface area contributed by atoms with E-state index in [1.165, 1.54) is 54.7 Å². The second-order valence-corrected chi connectivity index (χ2v) is 18.2. The van der Waals surface area contributed by atoms with Gasteiger partial charge in [0.15, 0.2) is 0 Å². The lowest BCUT2D eigenvalue weighted by molar-refractivity contribution is -0.112. The van der Waals surface area contributed by atoms with Gasteiger partial charge in [-0.25, -0.2) is 14.4 Å². The Kier molecular flexibility index (Phi) is 17.9. The van der Waals surface area contributed by atoms with Crippen LogP contribution in [0.2, 0.25) is 30.1 Å². The van der Waals surface area contributed by atoms with Crippen LogP contribution in [0.1, 0.15) is 48.2 Å². The van der Waals surface area contributed by atoms with Crippen molar-refractivity contribution in [1.82, 2.24) is 15.0 Å². The number of carboxylic acid groups (broad SMARTS) is 3. The van der Waals surface area contributed by atoms with Crippen molar-refractivity contribution in [2.45, 2.75) is 0 Å². The zero-order chi connectivity index (χ0) is 53.9. The van der Waals surface area contributed by atoms with Gasteiger partial charge in [0.1, 0.15) is 17.1 Å². The van der Waals surface area contributed by atoms with E-state index in [1.807, 2.05) is 18.2 Å². The molecule has 378 valence electrons. The molecule has 0 spiro atoms. The van der Waals surface area contributed by atoms with Crippen LogP contribution in [-0.2, 0) is 14.4 Å². The van der Waals surface area contributed by atoms with Gasteiger partial charge in [-0.05, 0) is 91.0 Å². The number of carboxylic acids is 3. The number of para-hydroxylation sites is 3. The summed E-state index contributed by atoms with van der Waals surface area (Å²) in [5.41, 5.74) is 4.10. The number of anilines is 3. The van der Waals surface area contributed by atoms with Gasteiger partial charge in [-0.1, -0.05) is 124 Å². The molecule has 3 amide bonds. The summed E-state index contributed by atoms with van der Waals surface area (Å²) in [6.07, 6.45) is 8.02. The first-order valence-electron chi connectivity index (χ1n) is 21.7. The molecule has 0 saturated heterocycles. The van der Waals surface area contributed by atoms with Gasteiger partial charge in [0.2, 0.25) is 17.7 Å². The van der Waals surface area contributed by atoms with Crippen LogP contribution in [0.4, 0.5) is 17.1 Å². The van der Waals surface area contributed by atoms with E-state index < -0.39 is 17.9 Å². The third kappa shape index (κ3) is 13.9. The Bertz CT molecular complexity index is 3370. The fraction of sp³-hybridized carbons (Fsp3) is 0. The molecule has 75 heavy (non-hydrogen) atoms. The Labute approximate surface area is 455 Å². The number of carbonyl (C=O) groups is 6. The fourth-order valence-corrected chi connectivity index (χ4v) is 9.20. The quantitative estimate of drug-likeness (QED) is 0.0527. The number of carbonyl (C=O) groups excluding carboxylic acids is 3. The number of aromatic nitrogens is 3. The Balaban J connectivity index is 0.000000164. The SMILES string of the molecule is O=C(/C=C/c1c(C(=O)O)[nH]c2cc(Cl)cc(Cl)c12)Nc1ccccc1.O=C(/C=C/c1c(C(=O)O)[nH]c2cc(Cl)cc(Cl)c12)Nc1ccccc1.O=C(/C=C/c1c(C(=O)O)[nH]c2cc(Cl)cc(Cl)c12)Nc1ccccc1. The molecule has 0 aliphatic rings. The summed E-state index contributed by atoms with van der Waals surface area (Å²) in [5, 5.41) is 39.7. The van der Waals surface area contributed by atoms with Crippen molar-refractivity contribution < 1.29 is 44.1 Å². The molecule has 9 aromatic rings. The van der Waals surface area contributed by atoms with Gasteiger partial charge in [-0.15, -0.1) is 0 Å². The van der Waals surface area contributed by atoms with Crippen molar-refractivity contribution in [3.63, 3.8) is 0 Å². The molecule has 0 aliphatic carbocycles. The number of nitrogens with one attached hydrogen (secondary N) is 6. The molecule has 0 saturated carbocycles. The third-order valence-electron chi connectivity index (χ3n) is 10.5. The molecule has 3 aromatic heterocycles. The predicted octanol–water partition coefficient (Wildman–Crippen LogP) is 14.5. The summed E-state index contributed by atoms with van der Waals surface area (Å²) < 4.78 is 0. The number of aromatic amines is 3. The normalized spacial score (nSPS) is 11.1. The van der Waals surface area contributed by atoms with Crippen molar-refractivity contribution in [3.05, 3.63) is 210 Å². The number of fused-ring (bicyclic) bond motifs is 3. The second kappa shape index (κ2) is 24.6. The topological polar surface area (TPSA) is 247 Å². The monoisotopic (exact) mass is 1120 g/mol. The summed E-state index contributed by atoms with van der Waals surface area (Å²) in [5.74, 6) is -4.64. The first kappa shape index (κ1) is 54.5. The molecule has 0 bridgehead atoms. The number of benzene rings is 6. The van der Waals surface area contributed by atoms with E-state index in [1.54, 1.807) is 91.0 Å². The molecule has 0 aliphatic heterocycles. The largest absolute Gasteiger partial charge is 0.477 e. The van der Waals surface area contributed by atoms with Gasteiger partial charge in [0.05, 0.1) is 15.1 Å². The molecule has 0 radical (unpaired) electrons. The minimum Gasteiger partial charge on any atom is -0.477 e. The maximum absolute atomic E-state index is 12.1. The predicted molar refractivity (Wildman–Crippen MR) is 298 cm³/mol. The smallest absolute Gasteiger partial charge is 0.352 e. The molecule has 21 heteroatoms. The highest BCUT2D eigenvalue weighted by atomic mass is 35.5. The van der Waals surface area contributed by atoms with Gasteiger partial charge in [-0.3, -0.25) is 14.4 Å². The van der Waals surface area contributed by atoms with E-state index in [9.17, 15) is 44.1 Å². The molecular formula is C54H36Cl6N6O9. The van der Waals surface area contributed by atoms with E-state index in [4.69, 9.17) is 69.6 Å². The van der Waals surface area contributed by atoms with E-state index in [-0.39, 0.29) is 34.8 Å². The van der Waals surface area contributed by atoms with Crippen molar-refractivity contribution >= 4 is 173 Å². The maximum Gasteiger partial charge on any atom is 0.352 e. The van der Waals surface area contributed by atoms with Crippen LogP contribution in [-0.4, -0.2) is 65.9 Å². The van der Waals surface area contributed by atoms with E-state index in [0.717, 1.165) is 0 Å². The lowest BCUT2D eigenvalue weighted by atomic mass is 10.1. The highest BCUT2D eigenvalue weighted by Gasteiger charge is 2.21. The standard InChI is InChI=1S/3C18H12Cl2N2O3/c3*19-10-8-13(20)16-12(17(18(24)25)22-14(16)9-10)6-7-15(23)21-11-4-2-1-3-5-11/h3*1-9,22H,(H,21,23)(H,24,25)/b3*7-6+. The Morgan fingerprint density at radius 1 is 0.373 bits per heavy atom. The molecule has 0 unspecified atom stereocenters. The van der Waals surface area contributed by atoms with Gasteiger partial charge in [0.25, 0.3) is 0 Å². The first-order valence-corrected chi connectivity index (χ1v) is 24.0. The number of halogens is 6. The highest BCUT2D eigenvalue weighted by Crippen LogP contribution is 2.36. The average Bonchev–Trinajstić information content (AvgIpc) is 4.06. The summed E-state index contributed by atoms with van der Waals surface area (Å²) in [6.45, 7) is 0. The lowest BCUT2D eigenvalue weighted by Gasteiger charge is -2.01. The van der Waals surface area contributed by atoms with Crippen molar-refractivity contribution in [2.24, 2.45) is 0 Å².